The zero-order valence-corrected chi connectivity index (χ0v) is 9.86. The summed E-state index contributed by atoms with van der Waals surface area (Å²) >= 11 is 1.77. The van der Waals surface area contributed by atoms with E-state index in [9.17, 15) is 0 Å². The van der Waals surface area contributed by atoms with E-state index in [0.29, 0.717) is 5.92 Å². The number of nitrogens with zero attached hydrogens (tertiary/aromatic N) is 1. The minimum atomic E-state index is 0.403. The molecule has 1 aromatic heterocycles. The molecule has 0 aliphatic rings. The first kappa shape index (κ1) is 11.6. The van der Waals surface area contributed by atoms with Gasteiger partial charge >= 0.3 is 0 Å². The van der Waals surface area contributed by atoms with Crippen molar-refractivity contribution in [3.05, 3.63) is 16.1 Å². The van der Waals surface area contributed by atoms with E-state index >= 15 is 0 Å². The summed E-state index contributed by atoms with van der Waals surface area (Å²) in [4.78, 5) is 5.68. The minimum Gasteiger partial charge on any atom is -0.384 e. The van der Waals surface area contributed by atoms with Gasteiger partial charge in [0.15, 0.2) is 0 Å². The minimum absolute atomic E-state index is 0.403. The Labute approximate surface area is 89.5 Å². The molecule has 1 N–H and O–H groups in total. The summed E-state index contributed by atoms with van der Waals surface area (Å²) in [7, 11) is 1.73. The van der Waals surface area contributed by atoms with Gasteiger partial charge in [0.1, 0.15) is 0 Å². The summed E-state index contributed by atoms with van der Waals surface area (Å²) in [5, 5.41) is 4.45. The van der Waals surface area contributed by atoms with Crippen LogP contribution in [0.25, 0.3) is 0 Å². The summed E-state index contributed by atoms with van der Waals surface area (Å²) in [5.74, 6) is 0.403. The molecule has 1 heterocycles. The Morgan fingerprint density at radius 3 is 3.07 bits per heavy atom. The maximum atomic E-state index is 5.10. The molecule has 0 fully saturated rings. The van der Waals surface area contributed by atoms with E-state index in [1.54, 1.807) is 18.4 Å². The first-order valence-electron chi connectivity index (χ1n) is 4.92. The predicted molar refractivity (Wildman–Crippen MR) is 59.8 cm³/mol. The Bertz CT molecular complexity index is 262. The molecular weight excluding hydrogens is 196 g/mol. The number of rotatable bonds is 6. The van der Waals surface area contributed by atoms with Crippen LogP contribution in [-0.2, 0) is 11.3 Å². The number of hydrogen-bond donors (Lipinski definition) is 1. The van der Waals surface area contributed by atoms with Gasteiger partial charge in [-0.2, -0.15) is 0 Å². The molecule has 1 rings (SSSR count). The van der Waals surface area contributed by atoms with Crippen LogP contribution in [0.4, 0.5) is 0 Å². The van der Waals surface area contributed by atoms with Crippen molar-refractivity contribution in [1.29, 1.82) is 0 Å². The molecular formula is C10H18N2OS. The number of methoxy groups -OCH3 is 1. The van der Waals surface area contributed by atoms with Gasteiger partial charge in [-0.3, -0.25) is 0 Å². The highest BCUT2D eigenvalue weighted by Crippen LogP contribution is 2.21. The molecule has 0 bridgehead atoms. The molecule has 0 spiro atoms. The van der Waals surface area contributed by atoms with Gasteiger partial charge in [-0.1, -0.05) is 13.8 Å². The molecule has 80 valence electrons. The van der Waals surface area contributed by atoms with Crippen molar-refractivity contribution in [2.45, 2.75) is 26.3 Å². The van der Waals surface area contributed by atoms with E-state index in [2.05, 4.69) is 24.1 Å². The number of aromatic nitrogens is 1. The van der Waals surface area contributed by atoms with Crippen molar-refractivity contribution in [3.8, 4) is 0 Å². The number of thiazole rings is 1. The molecule has 0 radical (unpaired) electrons. The lowest BCUT2D eigenvalue weighted by atomic mass is 10.2. The molecule has 1 atom stereocenters. The second kappa shape index (κ2) is 6.11. The van der Waals surface area contributed by atoms with E-state index < -0.39 is 0 Å². The largest absolute Gasteiger partial charge is 0.384 e. The van der Waals surface area contributed by atoms with Crippen molar-refractivity contribution in [3.63, 3.8) is 0 Å². The highest BCUT2D eigenvalue weighted by atomic mass is 32.1. The highest BCUT2D eigenvalue weighted by Gasteiger charge is 2.09. The van der Waals surface area contributed by atoms with Crippen LogP contribution in [0.3, 0.4) is 0 Å². The van der Waals surface area contributed by atoms with Crippen LogP contribution in [0.5, 0.6) is 0 Å². The molecule has 0 aromatic carbocycles. The maximum Gasteiger partial charge on any atom is 0.0979 e. The predicted octanol–water partition coefficient (Wildman–Crippen LogP) is 2.00. The smallest absolute Gasteiger partial charge is 0.0979 e. The first-order valence-corrected chi connectivity index (χ1v) is 5.73. The van der Waals surface area contributed by atoms with E-state index in [0.717, 1.165) is 19.7 Å². The van der Waals surface area contributed by atoms with E-state index in [-0.39, 0.29) is 0 Å². The third-order valence-corrected chi connectivity index (χ3v) is 3.19. The number of nitrogens with one attached hydrogen (secondary N) is 1. The SMILES string of the molecule is CCNCc1cnc(C(C)COC)s1. The average molecular weight is 214 g/mol. The molecule has 3 nitrogen and oxygen atoms in total. The summed E-state index contributed by atoms with van der Waals surface area (Å²) in [5.41, 5.74) is 0. The van der Waals surface area contributed by atoms with E-state index in [4.69, 9.17) is 4.74 Å². The second-order valence-corrected chi connectivity index (χ2v) is 4.45. The zero-order valence-electron chi connectivity index (χ0n) is 9.04. The maximum absolute atomic E-state index is 5.10. The Balaban J connectivity index is 2.49. The van der Waals surface area contributed by atoms with Gasteiger partial charge in [-0.25, -0.2) is 4.98 Å². The van der Waals surface area contributed by atoms with Crippen LogP contribution in [0, 0.1) is 0 Å². The first-order chi connectivity index (χ1) is 6.77. The third kappa shape index (κ3) is 3.36. The summed E-state index contributed by atoms with van der Waals surface area (Å²) < 4.78 is 5.10. The van der Waals surface area contributed by atoms with Gasteiger partial charge < -0.3 is 10.1 Å². The lowest BCUT2D eigenvalue weighted by Gasteiger charge is -2.04. The number of hydrogen-bond acceptors (Lipinski definition) is 4. The molecule has 0 saturated carbocycles. The van der Waals surface area contributed by atoms with Crippen LogP contribution in [0.1, 0.15) is 29.7 Å². The van der Waals surface area contributed by atoms with Crippen LogP contribution < -0.4 is 5.32 Å². The van der Waals surface area contributed by atoms with Gasteiger partial charge in [-0.15, -0.1) is 11.3 Å². The Hall–Kier alpha value is -0.450. The van der Waals surface area contributed by atoms with Crippen LogP contribution >= 0.6 is 11.3 Å². The Morgan fingerprint density at radius 2 is 2.43 bits per heavy atom. The topological polar surface area (TPSA) is 34.2 Å². The quantitative estimate of drug-likeness (QED) is 0.786. The molecule has 4 heteroatoms. The van der Waals surface area contributed by atoms with Crippen molar-refractivity contribution in [2.24, 2.45) is 0 Å². The van der Waals surface area contributed by atoms with Gasteiger partial charge in [0.25, 0.3) is 0 Å². The normalized spacial score (nSPS) is 13.1. The number of ether oxygens (including phenoxy) is 1. The van der Waals surface area contributed by atoms with Gasteiger partial charge in [0.05, 0.1) is 11.6 Å². The Kier molecular flexibility index (Phi) is 5.07. The van der Waals surface area contributed by atoms with Crippen molar-refractivity contribution in [2.75, 3.05) is 20.3 Å². The fourth-order valence-corrected chi connectivity index (χ4v) is 2.12. The summed E-state index contributed by atoms with van der Waals surface area (Å²) in [6.45, 7) is 6.91. The molecule has 0 aliphatic heterocycles. The zero-order chi connectivity index (χ0) is 10.4. The average Bonchev–Trinajstić information content (AvgIpc) is 2.63. The summed E-state index contributed by atoms with van der Waals surface area (Å²) in [6.07, 6.45) is 1.95. The van der Waals surface area contributed by atoms with Crippen LogP contribution in [-0.4, -0.2) is 25.2 Å². The summed E-state index contributed by atoms with van der Waals surface area (Å²) in [6, 6.07) is 0. The van der Waals surface area contributed by atoms with Crippen LogP contribution in [0.15, 0.2) is 6.20 Å². The molecule has 0 amide bonds. The van der Waals surface area contributed by atoms with Crippen molar-refractivity contribution < 1.29 is 4.74 Å². The molecule has 1 aromatic rings. The van der Waals surface area contributed by atoms with Gasteiger partial charge in [-0.05, 0) is 6.54 Å². The third-order valence-electron chi connectivity index (χ3n) is 1.96. The lowest BCUT2D eigenvalue weighted by molar-refractivity contribution is 0.184. The highest BCUT2D eigenvalue weighted by molar-refractivity contribution is 7.11. The van der Waals surface area contributed by atoms with Crippen molar-refractivity contribution >= 4 is 11.3 Å². The molecule has 14 heavy (non-hydrogen) atoms. The Morgan fingerprint density at radius 1 is 1.64 bits per heavy atom. The fraction of sp³-hybridized carbons (Fsp3) is 0.700. The molecule has 0 aliphatic carbocycles. The van der Waals surface area contributed by atoms with E-state index in [1.165, 1.54) is 9.88 Å². The van der Waals surface area contributed by atoms with Gasteiger partial charge in [0.2, 0.25) is 0 Å². The van der Waals surface area contributed by atoms with Crippen LogP contribution in [0.2, 0.25) is 0 Å². The van der Waals surface area contributed by atoms with Crippen molar-refractivity contribution in [1.82, 2.24) is 10.3 Å². The molecule has 0 saturated heterocycles. The standard InChI is InChI=1S/C10H18N2OS/c1-4-11-5-9-6-12-10(14-9)8(2)7-13-3/h6,8,11H,4-5,7H2,1-3H3. The lowest BCUT2D eigenvalue weighted by Crippen LogP contribution is -2.10. The fourth-order valence-electron chi connectivity index (χ4n) is 1.20. The van der Waals surface area contributed by atoms with E-state index in [1.807, 2.05) is 6.20 Å². The van der Waals surface area contributed by atoms with Gasteiger partial charge in [0, 0.05) is 30.6 Å². The second-order valence-electron chi connectivity index (χ2n) is 3.30. The monoisotopic (exact) mass is 214 g/mol. The molecule has 1 unspecified atom stereocenters.